The van der Waals surface area contributed by atoms with Gasteiger partial charge in [0.2, 0.25) is 0 Å². The van der Waals surface area contributed by atoms with Gasteiger partial charge < -0.3 is 10.9 Å². The van der Waals surface area contributed by atoms with Crippen LogP contribution >= 0.6 is 0 Å². The van der Waals surface area contributed by atoms with Crippen molar-refractivity contribution in [3.05, 3.63) is 0 Å². The van der Waals surface area contributed by atoms with Gasteiger partial charge in [-0.15, -0.1) is 0 Å². The van der Waals surface area contributed by atoms with E-state index in [1.807, 2.05) is 0 Å². The van der Waals surface area contributed by atoms with Gasteiger partial charge in [-0.2, -0.15) is 0 Å². The Hall–Kier alpha value is -0.570. The molecule has 2 atom stereocenters. The Morgan fingerprint density at radius 1 is 1.36 bits per heavy atom. The van der Waals surface area contributed by atoms with Gasteiger partial charge in [-0.3, -0.25) is 0 Å². The standard InChI is InChI=1S/C11H20N2O/c1-9(2)6-5-7-10(3,4)11(7,12)8(9)13-14/h7,14H,5-6,12H2,1-4H3. The lowest BCUT2D eigenvalue weighted by molar-refractivity contribution is 0.290. The van der Waals surface area contributed by atoms with Crippen LogP contribution in [0.5, 0.6) is 0 Å². The zero-order valence-corrected chi connectivity index (χ0v) is 9.46. The molecule has 2 saturated carbocycles. The fourth-order valence-corrected chi connectivity index (χ4v) is 3.37. The number of nitrogens with two attached hydrogens (primary N) is 1. The molecule has 0 aromatic heterocycles. The molecular formula is C11H20N2O. The molecule has 0 spiro atoms. The van der Waals surface area contributed by atoms with Crippen molar-refractivity contribution >= 4 is 5.71 Å². The molecule has 0 aliphatic heterocycles. The summed E-state index contributed by atoms with van der Waals surface area (Å²) in [5.41, 5.74) is 6.86. The Bertz CT molecular complexity index is 306. The first-order valence-electron chi connectivity index (χ1n) is 5.30. The first kappa shape index (κ1) is 9.97. The number of oxime groups is 1. The van der Waals surface area contributed by atoms with Crippen LogP contribution in [-0.2, 0) is 0 Å². The number of hydrogen-bond acceptors (Lipinski definition) is 3. The van der Waals surface area contributed by atoms with Crippen molar-refractivity contribution in [2.75, 3.05) is 0 Å². The predicted molar refractivity (Wildman–Crippen MR) is 56.4 cm³/mol. The monoisotopic (exact) mass is 196 g/mol. The Morgan fingerprint density at radius 2 is 1.93 bits per heavy atom. The van der Waals surface area contributed by atoms with E-state index in [4.69, 9.17) is 10.9 Å². The zero-order valence-electron chi connectivity index (χ0n) is 9.46. The summed E-state index contributed by atoms with van der Waals surface area (Å²) in [6.07, 6.45) is 2.22. The van der Waals surface area contributed by atoms with Crippen LogP contribution in [0, 0.1) is 16.7 Å². The maximum atomic E-state index is 9.13. The van der Waals surface area contributed by atoms with E-state index in [1.54, 1.807) is 0 Å². The van der Waals surface area contributed by atoms with Gasteiger partial charge in [-0.05, 0) is 24.2 Å². The van der Waals surface area contributed by atoms with Crippen molar-refractivity contribution in [2.24, 2.45) is 27.6 Å². The lowest BCUT2D eigenvalue weighted by Gasteiger charge is -2.34. The van der Waals surface area contributed by atoms with Crippen LogP contribution < -0.4 is 5.73 Å². The van der Waals surface area contributed by atoms with Crippen LogP contribution in [0.3, 0.4) is 0 Å². The number of fused-ring (bicyclic) bond motifs is 1. The average molecular weight is 196 g/mol. The molecule has 3 heteroatoms. The van der Waals surface area contributed by atoms with E-state index in [1.165, 1.54) is 0 Å². The second-order valence-electron chi connectivity index (χ2n) is 6.01. The summed E-state index contributed by atoms with van der Waals surface area (Å²) in [4.78, 5) is 0. The maximum Gasteiger partial charge on any atom is 0.0833 e. The fourth-order valence-electron chi connectivity index (χ4n) is 3.37. The van der Waals surface area contributed by atoms with Crippen molar-refractivity contribution in [2.45, 2.75) is 46.1 Å². The highest BCUT2D eigenvalue weighted by molar-refractivity contribution is 6.02. The van der Waals surface area contributed by atoms with E-state index in [-0.39, 0.29) is 16.4 Å². The topological polar surface area (TPSA) is 58.6 Å². The lowest BCUT2D eigenvalue weighted by Crippen LogP contribution is -2.49. The molecule has 2 rings (SSSR count). The predicted octanol–water partition coefficient (Wildman–Crippen LogP) is 1.99. The Labute approximate surface area is 85.4 Å². The molecule has 0 aromatic rings. The van der Waals surface area contributed by atoms with Gasteiger partial charge in [-0.25, -0.2) is 0 Å². The summed E-state index contributed by atoms with van der Waals surface area (Å²) in [7, 11) is 0. The van der Waals surface area contributed by atoms with E-state index in [2.05, 4.69) is 32.9 Å². The molecule has 2 unspecified atom stereocenters. The molecule has 0 amide bonds. The molecule has 0 saturated heterocycles. The van der Waals surface area contributed by atoms with Crippen LogP contribution in [0.15, 0.2) is 5.16 Å². The van der Waals surface area contributed by atoms with E-state index in [0.717, 1.165) is 18.6 Å². The first-order chi connectivity index (χ1) is 6.28. The smallest absolute Gasteiger partial charge is 0.0833 e. The molecule has 2 aliphatic carbocycles. The Kier molecular flexibility index (Phi) is 1.65. The second-order valence-corrected chi connectivity index (χ2v) is 6.01. The van der Waals surface area contributed by atoms with Gasteiger partial charge in [0.05, 0.1) is 11.3 Å². The first-order valence-corrected chi connectivity index (χ1v) is 5.30. The fraction of sp³-hybridized carbons (Fsp3) is 0.909. The molecular weight excluding hydrogens is 176 g/mol. The molecule has 3 N–H and O–H groups in total. The molecule has 0 radical (unpaired) electrons. The Balaban J connectivity index is 2.44. The molecule has 0 aromatic carbocycles. The highest BCUT2D eigenvalue weighted by Gasteiger charge is 2.74. The van der Waals surface area contributed by atoms with Crippen LogP contribution in [0.2, 0.25) is 0 Å². The van der Waals surface area contributed by atoms with Gasteiger partial charge in [0.1, 0.15) is 0 Å². The normalized spacial score (nSPS) is 46.1. The van der Waals surface area contributed by atoms with Crippen molar-refractivity contribution < 1.29 is 5.21 Å². The lowest BCUT2D eigenvalue weighted by atomic mass is 9.73. The van der Waals surface area contributed by atoms with Crippen LogP contribution in [0.4, 0.5) is 0 Å². The van der Waals surface area contributed by atoms with Crippen molar-refractivity contribution in [1.82, 2.24) is 0 Å². The minimum absolute atomic E-state index is 0.0478. The van der Waals surface area contributed by atoms with Gasteiger partial charge in [0.25, 0.3) is 0 Å². The minimum Gasteiger partial charge on any atom is -0.411 e. The highest BCUT2D eigenvalue weighted by Crippen LogP contribution is 2.67. The van der Waals surface area contributed by atoms with Gasteiger partial charge in [-0.1, -0.05) is 32.9 Å². The number of rotatable bonds is 0. The van der Waals surface area contributed by atoms with Crippen molar-refractivity contribution in [3.8, 4) is 0 Å². The maximum absolute atomic E-state index is 9.13. The summed E-state index contributed by atoms with van der Waals surface area (Å²) < 4.78 is 0. The minimum atomic E-state index is -0.358. The second kappa shape index (κ2) is 2.32. The molecule has 2 fully saturated rings. The Morgan fingerprint density at radius 3 is 2.36 bits per heavy atom. The van der Waals surface area contributed by atoms with Gasteiger partial charge in [0, 0.05) is 5.41 Å². The summed E-state index contributed by atoms with van der Waals surface area (Å²) >= 11 is 0. The summed E-state index contributed by atoms with van der Waals surface area (Å²) in [6, 6.07) is 0. The van der Waals surface area contributed by atoms with Crippen LogP contribution in [0.1, 0.15) is 40.5 Å². The van der Waals surface area contributed by atoms with Crippen molar-refractivity contribution in [1.29, 1.82) is 0 Å². The number of hydrogen-bond donors (Lipinski definition) is 2. The zero-order chi connectivity index (χ0) is 10.8. The summed E-state index contributed by atoms with van der Waals surface area (Å²) in [5, 5.41) is 12.6. The molecule has 0 bridgehead atoms. The molecule has 80 valence electrons. The van der Waals surface area contributed by atoms with Crippen LogP contribution in [-0.4, -0.2) is 16.5 Å². The molecule has 3 nitrogen and oxygen atoms in total. The van der Waals surface area contributed by atoms with Gasteiger partial charge in [0.15, 0.2) is 0 Å². The summed E-state index contributed by atoms with van der Waals surface area (Å²) in [5.74, 6) is 0.494. The quantitative estimate of drug-likeness (QED) is 0.460. The average Bonchev–Trinajstić information content (AvgIpc) is 2.44. The third kappa shape index (κ3) is 0.842. The molecule has 2 aliphatic rings. The molecule has 0 heterocycles. The van der Waals surface area contributed by atoms with E-state index in [9.17, 15) is 0 Å². The van der Waals surface area contributed by atoms with E-state index < -0.39 is 0 Å². The third-order valence-electron chi connectivity index (χ3n) is 4.59. The van der Waals surface area contributed by atoms with E-state index >= 15 is 0 Å². The highest BCUT2D eigenvalue weighted by atomic mass is 16.4. The van der Waals surface area contributed by atoms with Crippen molar-refractivity contribution in [3.63, 3.8) is 0 Å². The molecule has 14 heavy (non-hydrogen) atoms. The summed E-state index contributed by atoms with van der Waals surface area (Å²) in [6.45, 7) is 8.57. The third-order valence-corrected chi connectivity index (χ3v) is 4.59. The van der Waals surface area contributed by atoms with Crippen LogP contribution in [0.25, 0.3) is 0 Å². The number of nitrogens with zero attached hydrogens (tertiary/aromatic N) is 1. The largest absolute Gasteiger partial charge is 0.411 e. The van der Waals surface area contributed by atoms with Gasteiger partial charge >= 0.3 is 0 Å². The SMILES string of the molecule is CC1(C)CCC2C(C)(C)C2(N)C1=NO. The van der Waals surface area contributed by atoms with E-state index in [0.29, 0.717) is 5.92 Å².